The zero-order chi connectivity index (χ0) is 16.4. The van der Waals surface area contributed by atoms with Gasteiger partial charge in [-0.3, -0.25) is 0 Å². The van der Waals surface area contributed by atoms with E-state index in [0.717, 1.165) is 4.90 Å². The van der Waals surface area contributed by atoms with Crippen LogP contribution in [0, 0.1) is 23.7 Å². The zero-order valence-electron chi connectivity index (χ0n) is 11.9. The van der Waals surface area contributed by atoms with Crippen molar-refractivity contribution in [3.63, 3.8) is 0 Å². The standard InChI is InChI=1S/C13H17F3N2O3/c1-8(2)10(11(19)20)17(3)12(21)18-6-9(7-18)4-5-13(14,15)16/h8-10H,6-7H2,1-3H3,(H,19,20)/t10-/m0/s1. The number of amides is 2. The lowest BCUT2D eigenvalue weighted by atomic mass is 10.0. The van der Waals surface area contributed by atoms with Gasteiger partial charge in [-0.1, -0.05) is 19.8 Å². The van der Waals surface area contributed by atoms with Crippen LogP contribution in [-0.4, -0.2) is 59.3 Å². The van der Waals surface area contributed by atoms with E-state index in [1.807, 2.05) is 0 Å². The van der Waals surface area contributed by atoms with E-state index in [1.165, 1.54) is 17.9 Å². The van der Waals surface area contributed by atoms with Gasteiger partial charge in [0.25, 0.3) is 0 Å². The van der Waals surface area contributed by atoms with Crippen molar-refractivity contribution in [1.82, 2.24) is 9.80 Å². The first kappa shape index (κ1) is 17.1. The molecule has 0 aromatic carbocycles. The summed E-state index contributed by atoms with van der Waals surface area (Å²) in [5.74, 6) is 1.31. The predicted molar refractivity (Wildman–Crippen MR) is 68.3 cm³/mol. The van der Waals surface area contributed by atoms with Gasteiger partial charge in [-0.05, 0) is 5.92 Å². The maximum Gasteiger partial charge on any atom is 0.457 e. The highest BCUT2D eigenvalue weighted by Gasteiger charge is 2.37. The number of aliphatic carboxylic acids is 1. The van der Waals surface area contributed by atoms with Crippen molar-refractivity contribution in [3.8, 4) is 11.8 Å². The number of carboxylic acid groups (broad SMARTS) is 1. The molecular formula is C13H17F3N2O3. The summed E-state index contributed by atoms with van der Waals surface area (Å²) < 4.78 is 35.7. The molecule has 1 N–H and O–H groups in total. The van der Waals surface area contributed by atoms with Gasteiger partial charge in [0.15, 0.2) is 0 Å². The van der Waals surface area contributed by atoms with Crippen molar-refractivity contribution in [1.29, 1.82) is 0 Å². The molecule has 1 saturated heterocycles. The highest BCUT2D eigenvalue weighted by atomic mass is 19.4. The number of halogens is 3. The molecule has 0 aromatic rings. The van der Waals surface area contributed by atoms with Crippen LogP contribution in [0.25, 0.3) is 0 Å². The van der Waals surface area contributed by atoms with Gasteiger partial charge in [0.1, 0.15) is 6.04 Å². The van der Waals surface area contributed by atoms with Crippen molar-refractivity contribution < 1.29 is 27.9 Å². The number of carbonyl (C=O) groups is 2. The van der Waals surface area contributed by atoms with E-state index in [4.69, 9.17) is 5.11 Å². The van der Waals surface area contributed by atoms with Gasteiger partial charge in [0, 0.05) is 26.1 Å². The molecule has 0 bridgehead atoms. The predicted octanol–water partition coefficient (Wildman–Crippen LogP) is 1.64. The molecule has 8 heteroatoms. The first-order chi connectivity index (χ1) is 9.53. The van der Waals surface area contributed by atoms with Crippen LogP contribution in [0.2, 0.25) is 0 Å². The van der Waals surface area contributed by atoms with Crippen LogP contribution in [0.4, 0.5) is 18.0 Å². The molecular weight excluding hydrogens is 289 g/mol. The van der Waals surface area contributed by atoms with Crippen molar-refractivity contribution >= 4 is 12.0 Å². The Morgan fingerprint density at radius 3 is 2.24 bits per heavy atom. The van der Waals surface area contributed by atoms with Gasteiger partial charge in [-0.2, -0.15) is 13.2 Å². The second kappa shape index (κ2) is 6.24. The largest absolute Gasteiger partial charge is 0.480 e. The molecule has 5 nitrogen and oxygen atoms in total. The molecule has 1 aliphatic rings. The molecule has 1 rings (SSSR count). The Kier molecular flexibility index (Phi) is 5.10. The second-order valence-electron chi connectivity index (χ2n) is 5.29. The lowest BCUT2D eigenvalue weighted by Gasteiger charge is -2.40. The van der Waals surface area contributed by atoms with Gasteiger partial charge >= 0.3 is 18.2 Å². The van der Waals surface area contributed by atoms with Gasteiger partial charge in [0.2, 0.25) is 0 Å². The Labute approximate surface area is 120 Å². The average molecular weight is 306 g/mol. The first-order valence-electron chi connectivity index (χ1n) is 6.37. The summed E-state index contributed by atoms with van der Waals surface area (Å²) in [6.45, 7) is 3.51. The molecule has 1 heterocycles. The molecule has 1 atom stereocenters. The Bertz CT molecular complexity index is 473. The number of rotatable bonds is 3. The fourth-order valence-corrected chi connectivity index (χ4v) is 2.15. The van der Waals surface area contributed by atoms with Gasteiger partial charge in [0.05, 0.1) is 5.92 Å². The topological polar surface area (TPSA) is 60.9 Å². The molecule has 0 aromatic heterocycles. The van der Waals surface area contributed by atoms with E-state index < -0.39 is 30.1 Å². The number of carbonyl (C=O) groups excluding carboxylic acids is 1. The summed E-state index contributed by atoms with van der Waals surface area (Å²) in [5.41, 5.74) is 0. The van der Waals surface area contributed by atoms with E-state index in [1.54, 1.807) is 13.8 Å². The number of alkyl halides is 3. The quantitative estimate of drug-likeness (QED) is 0.807. The molecule has 1 aliphatic heterocycles. The summed E-state index contributed by atoms with van der Waals surface area (Å²) in [6.07, 6.45) is -4.53. The Balaban J connectivity index is 2.59. The molecule has 0 spiro atoms. The number of carboxylic acids is 1. The van der Waals surface area contributed by atoms with Crippen molar-refractivity contribution in [3.05, 3.63) is 0 Å². The van der Waals surface area contributed by atoms with Crippen LogP contribution in [0.15, 0.2) is 0 Å². The van der Waals surface area contributed by atoms with E-state index in [0.29, 0.717) is 0 Å². The SMILES string of the molecule is CC(C)[C@@H](C(=O)O)N(C)C(=O)N1CC(C#CC(F)(F)F)C1. The average Bonchev–Trinajstić information content (AvgIpc) is 2.23. The number of urea groups is 1. The smallest absolute Gasteiger partial charge is 0.457 e. The maximum absolute atomic E-state index is 12.0. The van der Waals surface area contributed by atoms with Crippen LogP contribution in [0.3, 0.4) is 0 Å². The minimum atomic E-state index is -4.53. The summed E-state index contributed by atoms with van der Waals surface area (Å²) in [7, 11) is 1.37. The number of nitrogens with zero attached hydrogens (tertiary/aromatic N) is 2. The Morgan fingerprint density at radius 2 is 1.86 bits per heavy atom. The zero-order valence-corrected chi connectivity index (χ0v) is 11.9. The molecule has 1 fully saturated rings. The number of likely N-dealkylation sites (tertiary alicyclic amines) is 1. The van der Waals surface area contributed by atoms with Crippen molar-refractivity contribution in [2.24, 2.45) is 11.8 Å². The summed E-state index contributed by atoms with van der Waals surface area (Å²) in [4.78, 5) is 25.6. The van der Waals surface area contributed by atoms with Crippen LogP contribution in [0.5, 0.6) is 0 Å². The van der Waals surface area contributed by atoms with Gasteiger partial charge in [-0.15, -0.1) is 0 Å². The summed E-state index contributed by atoms with van der Waals surface area (Å²) in [6, 6.07) is -1.49. The minimum absolute atomic E-state index is 0.0800. The fourth-order valence-electron chi connectivity index (χ4n) is 2.15. The first-order valence-corrected chi connectivity index (χ1v) is 6.37. The maximum atomic E-state index is 12.0. The number of hydrogen-bond donors (Lipinski definition) is 1. The minimum Gasteiger partial charge on any atom is -0.480 e. The molecule has 118 valence electrons. The monoisotopic (exact) mass is 306 g/mol. The van der Waals surface area contributed by atoms with Crippen LogP contribution in [0.1, 0.15) is 13.8 Å². The third-order valence-corrected chi connectivity index (χ3v) is 3.17. The Morgan fingerprint density at radius 1 is 1.33 bits per heavy atom. The summed E-state index contributed by atoms with van der Waals surface area (Å²) in [5, 5.41) is 9.10. The van der Waals surface area contributed by atoms with Crippen molar-refractivity contribution in [2.75, 3.05) is 20.1 Å². The highest BCUT2D eigenvalue weighted by Crippen LogP contribution is 2.20. The lowest BCUT2D eigenvalue weighted by Crippen LogP contribution is -2.57. The fraction of sp³-hybridized carbons (Fsp3) is 0.692. The van der Waals surface area contributed by atoms with Gasteiger partial charge in [-0.25, -0.2) is 9.59 Å². The van der Waals surface area contributed by atoms with E-state index in [2.05, 4.69) is 5.92 Å². The molecule has 0 unspecified atom stereocenters. The lowest BCUT2D eigenvalue weighted by molar-refractivity contribution is -0.143. The van der Waals surface area contributed by atoms with Crippen molar-refractivity contribution in [2.45, 2.75) is 26.1 Å². The molecule has 0 radical (unpaired) electrons. The third-order valence-electron chi connectivity index (χ3n) is 3.17. The highest BCUT2D eigenvalue weighted by molar-refractivity contribution is 5.83. The van der Waals surface area contributed by atoms with Crippen LogP contribution < -0.4 is 0 Å². The van der Waals surface area contributed by atoms with E-state index in [-0.39, 0.29) is 19.0 Å². The molecule has 0 saturated carbocycles. The normalized spacial score (nSPS) is 16.8. The molecule has 0 aliphatic carbocycles. The van der Waals surface area contributed by atoms with Crippen LogP contribution >= 0.6 is 0 Å². The number of likely N-dealkylation sites (N-methyl/N-ethyl adjacent to an activating group) is 1. The van der Waals surface area contributed by atoms with Crippen LogP contribution in [-0.2, 0) is 4.79 Å². The molecule has 21 heavy (non-hydrogen) atoms. The van der Waals surface area contributed by atoms with E-state index >= 15 is 0 Å². The summed E-state index contributed by atoms with van der Waals surface area (Å²) >= 11 is 0. The third kappa shape index (κ3) is 4.55. The molecule has 2 amide bonds. The number of hydrogen-bond acceptors (Lipinski definition) is 2. The Hall–Kier alpha value is -1.91. The van der Waals surface area contributed by atoms with E-state index in [9.17, 15) is 22.8 Å². The second-order valence-corrected chi connectivity index (χ2v) is 5.29. The van der Waals surface area contributed by atoms with Gasteiger partial charge < -0.3 is 14.9 Å².